The van der Waals surface area contributed by atoms with Gasteiger partial charge in [0.25, 0.3) is 0 Å². The van der Waals surface area contributed by atoms with Gasteiger partial charge in [0.2, 0.25) is 0 Å². The number of hydrogen-bond acceptors (Lipinski definition) is 2. The number of rotatable bonds is 15. The molecule has 23 heavy (non-hydrogen) atoms. The second-order valence-corrected chi connectivity index (χ2v) is 9.13. The largest absolute Gasteiger partial charge is 0.479 e. The molecule has 1 saturated heterocycles. The number of aliphatic carboxylic acids is 1. The maximum Gasteiger partial charge on any atom is 0.338 e. The van der Waals surface area contributed by atoms with Gasteiger partial charge < -0.3 is 9.84 Å². The van der Waals surface area contributed by atoms with Gasteiger partial charge in [-0.1, -0.05) is 90.2 Å². The van der Waals surface area contributed by atoms with Crippen molar-refractivity contribution in [1.82, 2.24) is 0 Å². The molecule has 1 rings (SSSR count). The van der Waals surface area contributed by atoms with Gasteiger partial charge in [-0.05, 0) is 25.7 Å². The Kier molecular flexibility index (Phi) is 11.1. The molecule has 1 heterocycles. The number of alkyl halides is 2. The highest BCUT2D eigenvalue weighted by Gasteiger charge is 2.51. The van der Waals surface area contributed by atoms with Gasteiger partial charge in [0.05, 0.1) is 6.61 Å². The minimum absolute atomic E-state index is 0.398. The lowest BCUT2D eigenvalue weighted by Crippen LogP contribution is -2.23. The van der Waals surface area contributed by atoms with Crippen LogP contribution in [0.4, 0.5) is 0 Å². The smallest absolute Gasteiger partial charge is 0.338 e. The number of ether oxygens (including phenoxy) is 1. The summed E-state index contributed by atoms with van der Waals surface area (Å²) in [5.74, 6) is -0.793. The Labute approximate surface area is 158 Å². The molecule has 1 aliphatic heterocycles. The lowest BCUT2D eigenvalue weighted by molar-refractivity contribution is -0.143. The van der Waals surface area contributed by atoms with E-state index in [1.54, 1.807) is 0 Å². The van der Waals surface area contributed by atoms with E-state index >= 15 is 0 Å². The van der Waals surface area contributed by atoms with Crippen molar-refractivity contribution in [2.75, 3.05) is 6.61 Å². The van der Waals surface area contributed by atoms with E-state index in [4.69, 9.17) is 9.84 Å². The van der Waals surface area contributed by atoms with Crippen molar-refractivity contribution < 1.29 is 14.6 Å². The Bertz CT molecular complexity index is 332. The Morgan fingerprint density at radius 3 is 1.91 bits per heavy atom. The molecule has 0 saturated carbocycles. The SMILES string of the molecule is CCCCCCCC(Br)C(Br)CCCCCCC1(C(=O)O)CO1. The van der Waals surface area contributed by atoms with Crippen molar-refractivity contribution in [2.24, 2.45) is 0 Å². The van der Waals surface area contributed by atoms with Crippen molar-refractivity contribution >= 4 is 37.8 Å². The number of carboxylic acids is 1. The van der Waals surface area contributed by atoms with E-state index in [9.17, 15) is 4.79 Å². The highest BCUT2D eigenvalue weighted by atomic mass is 79.9. The third-order valence-corrected chi connectivity index (χ3v) is 7.57. The molecular formula is C18H32Br2O3. The molecule has 0 radical (unpaired) electrons. The van der Waals surface area contributed by atoms with E-state index in [1.165, 1.54) is 57.8 Å². The van der Waals surface area contributed by atoms with Crippen molar-refractivity contribution in [3.05, 3.63) is 0 Å². The second kappa shape index (κ2) is 11.9. The zero-order valence-corrected chi connectivity index (χ0v) is 17.5. The van der Waals surface area contributed by atoms with E-state index in [0.717, 1.165) is 12.8 Å². The summed E-state index contributed by atoms with van der Waals surface area (Å²) in [5, 5.41) is 9.02. The van der Waals surface area contributed by atoms with E-state index in [2.05, 4.69) is 38.8 Å². The molecule has 5 heteroatoms. The normalized spacial score (nSPS) is 22.7. The van der Waals surface area contributed by atoms with Crippen molar-refractivity contribution in [3.63, 3.8) is 0 Å². The monoisotopic (exact) mass is 454 g/mol. The van der Waals surface area contributed by atoms with Crippen LogP contribution >= 0.6 is 31.9 Å². The number of carbonyl (C=O) groups is 1. The fourth-order valence-electron chi connectivity index (χ4n) is 2.87. The molecule has 0 spiro atoms. The van der Waals surface area contributed by atoms with Gasteiger partial charge in [-0.2, -0.15) is 0 Å². The first kappa shape index (κ1) is 21.4. The molecule has 136 valence electrons. The molecule has 1 fully saturated rings. The average molecular weight is 456 g/mol. The van der Waals surface area contributed by atoms with Gasteiger partial charge in [0.15, 0.2) is 5.60 Å². The van der Waals surface area contributed by atoms with Crippen LogP contribution in [0.2, 0.25) is 0 Å². The molecule has 1 N–H and O–H groups in total. The first-order valence-electron chi connectivity index (χ1n) is 9.17. The number of hydrogen-bond donors (Lipinski definition) is 1. The summed E-state index contributed by atoms with van der Waals surface area (Å²) in [6.45, 7) is 2.65. The molecular weight excluding hydrogens is 424 g/mol. The minimum Gasteiger partial charge on any atom is -0.479 e. The van der Waals surface area contributed by atoms with Gasteiger partial charge in [-0.25, -0.2) is 4.79 Å². The Morgan fingerprint density at radius 2 is 1.48 bits per heavy atom. The zero-order chi connectivity index (χ0) is 17.1. The van der Waals surface area contributed by atoms with Gasteiger partial charge in [-0.15, -0.1) is 0 Å². The third-order valence-electron chi connectivity index (χ3n) is 4.67. The molecule has 0 aromatic rings. The van der Waals surface area contributed by atoms with Crippen LogP contribution in [0.3, 0.4) is 0 Å². The second-order valence-electron chi connectivity index (χ2n) is 6.78. The van der Waals surface area contributed by atoms with Crippen LogP contribution in [0, 0.1) is 0 Å². The first-order chi connectivity index (χ1) is 11.0. The van der Waals surface area contributed by atoms with E-state index in [1.807, 2.05) is 0 Å². The lowest BCUT2D eigenvalue weighted by Gasteiger charge is -2.16. The summed E-state index contributed by atoms with van der Waals surface area (Å²) in [6.07, 6.45) is 14.2. The zero-order valence-electron chi connectivity index (χ0n) is 14.4. The fourth-order valence-corrected chi connectivity index (χ4v) is 4.05. The summed E-state index contributed by atoms with van der Waals surface area (Å²) < 4.78 is 5.08. The van der Waals surface area contributed by atoms with Gasteiger partial charge >= 0.3 is 5.97 Å². The predicted molar refractivity (Wildman–Crippen MR) is 103 cm³/mol. The molecule has 0 bridgehead atoms. The molecule has 0 amide bonds. The van der Waals surface area contributed by atoms with Crippen molar-refractivity contribution in [2.45, 2.75) is 99.2 Å². The van der Waals surface area contributed by atoms with E-state index in [0.29, 0.717) is 22.7 Å². The molecule has 3 nitrogen and oxygen atoms in total. The molecule has 0 aliphatic carbocycles. The van der Waals surface area contributed by atoms with Gasteiger partial charge in [0, 0.05) is 9.65 Å². The molecule has 3 unspecified atom stereocenters. The van der Waals surface area contributed by atoms with Crippen LogP contribution < -0.4 is 0 Å². The van der Waals surface area contributed by atoms with Crippen LogP contribution in [-0.2, 0) is 9.53 Å². The van der Waals surface area contributed by atoms with E-state index in [-0.39, 0.29) is 0 Å². The van der Waals surface area contributed by atoms with E-state index < -0.39 is 11.6 Å². The molecule has 3 atom stereocenters. The number of epoxide rings is 1. The van der Waals surface area contributed by atoms with Crippen LogP contribution in [0.25, 0.3) is 0 Å². The lowest BCUT2D eigenvalue weighted by atomic mass is 10.0. The summed E-state index contributed by atoms with van der Waals surface area (Å²) in [6, 6.07) is 0. The third kappa shape index (κ3) is 8.87. The minimum atomic E-state index is -0.823. The Hall–Kier alpha value is 0.390. The maximum atomic E-state index is 11.0. The average Bonchev–Trinajstić information content (AvgIpc) is 3.31. The van der Waals surface area contributed by atoms with Crippen LogP contribution in [-0.4, -0.2) is 32.9 Å². The maximum absolute atomic E-state index is 11.0. The first-order valence-corrected chi connectivity index (χ1v) is 11.0. The number of halogens is 2. The Morgan fingerprint density at radius 1 is 1.00 bits per heavy atom. The van der Waals surface area contributed by atoms with Crippen LogP contribution in [0.5, 0.6) is 0 Å². The summed E-state index contributed by atoms with van der Waals surface area (Å²) in [4.78, 5) is 12.1. The summed E-state index contributed by atoms with van der Waals surface area (Å²) >= 11 is 7.63. The topological polar surface area (TPSA) is 49.8 Å². The van der Waals surface area contributed by atoms with Crippen LogP contribution in [0.15, 0.2) is 0 Å². The molecule has 0 aromatic heterocycles. The van der Waals surface area contributed by atoms with Crippen LogP contribution in [0.1, 0.15) is 84.0 Å². The number of carboxylic acid groups (broad SMARTS) is 1. The van der Waals surface area contributed by atoms with Gasteiger partial charge in [0.1, 0.15) is 0 Å². The number of unbranched alkanes of at least 4 members (excludes halogenated alkanes) is 7. The molecule has 1 aliphatic rings. The Balaban J connectivity index is 1.94. The highest BCUT2D eigenvalue weighted by Crippen LogP contribution is 2.33. The highest BCUT2D eigenvalue weighted by molar-refractivity contribution is 9.12. The van der Waals surface area contributed by atoms with Crippen molar-refractivity contribution in [1.29, 1.82) is 0 Å². The predicted octanol–water partition coefficient (Wildman–Crippen LogP) is 6.07. The summed E-state index contributed by atoms with van der Waals surface area (Å²) in [5.41, 5.74) is -0.823. The summed E-state index contributed by atoms with van der Waals surface area (Å²) in [7, 11) is 0. The fraction of sp³-hybridized carbons (Fsp3) is 0.944. The van der Waals surface area contributed by atoms with Crippen molar-refractivity contribution in [3.8, 4) is 0 Å². The quantitative estimate of drug-likeness (QED) is 0.185. The standard InChI is InChI=1S/C18H32Br2O3/c1-2-3-4-5-8-11-15(19)16(20)12-9-6-7-10-13-18(14-23-18)17(21)22/h15-16H,2-14H2,1H3,(H,21,22). The van der Waals surface area contributed by atoms with Gasteiger partial charge in [-0.3, -0.25) is 0 Å². The molecule has 0 aromatic carbocycles.